The monoisotopic (exact) mass is 277 g/mol. The fraction of sp³-hybridized carbons (Fsp3) is 0.429. The van der Waals surface area contributed by atoms with Crippen molar-refractivity contribution >= 4 is 16.9 Å². The first-order valence-electron chi connectivity index (χ1n) is 5.99. The minimum Gasteiger partial charge on any atom is -0.496 e. The van der Waals surface area contributed by atoms with Crippen molar-refractivity contribution in [3.05, 3.63) is 29.8 Å². The molecule has 0 aliphatic rings. The molecule has 1 unspecified atom stereocenters. The number of methoxy groups -OCH3 is 1. The zero-order valence-corrected chi connectivity index (χ0v) is 12.6. The van der Waals surface area contributed by atoms with E-state index in [0.717, 1.165) is 22.9 Å². The van der Waals surface area contributed by atoms with Gasteiger partial charge in [-0.1, -0.05) is 30.0 Å². The number of para-hydroxylation sites is 1. The molecule has 5 heteroatoms. The van der Waals surface area contributed by atoms with Gasteiger partial charge in [-0.3, -0.25) is 0 Å². The maximum Gasteiger partial charge on any atom is 0.208 e. The number of rotatable bonds is 4. The van der Waals surface area contributed by atoms with Crippen molar-refractivity contribution in [1.82, 2.24) is 4.90 Å². The molecule has 0 heterocycles. The maximum atomic E-state index is 8.67. The lowest BCUT2D eigenvalue weighted by molar-refractivity contribution is 0.377. The summed E-state index contributed by atoms with van der Waals surface area (Å²) in [6, 6.07) is 8.21. The number of benzene rings is 1. The summed E-state index contributed by atoms with van der Waals surface area (Å²) in [5.41, 5.74) is 1.15. The number of nitriles is 1. The van der Waals surface area contributed by atoms with Crippen LogP contribution in [0.25, 0.3) is 0 Å². The molecule has 1 atom stereocenters. The average molecular weight is 277 g/mol. The first-order valence-corrected chi connectivity index (χ1v) is 7.22. The second kappa shape index (κ2) is 7.70. The molecule has 1 aromatic rings. The molecular weight excluding hydrogens is 258 g/mol. The van der Waals surface area contributed by atoms with Crippen LogP contribution in [0.1, 0.15) is 12.5 Å². The molecule has 0 radical (unpaired) electrons. The van der Waals surface area contributed by atoms with Crippen LogP contribution in [0.3, 0.4) is 0 Å². The summed E-state index contributed by atoms with van der Waals surface area (Å²) in [5.74, 6) is 0.894. The molecule has 0 aliphatic carbocycles. The standard InChI is InChI=1S/C14H19N3OS/c1-11(17(2)14(19-4)16-10-15)9-12-7-5-6-8-13(12)18-3/h5-8,11H,9H2,1-4H3. The van der Waals surface area contributed by atoms with Crippen LogP contribution >= 0.6 is 11.8 Å². The number of likely N-dealkylation sites (N-methyl/N-ethyl adjacent to an activating group) is 1. The zero-order valence-electron chi connectivity index (χ0n) is 11.8. The number of amidine groups is 1. The van der Waals surface area contributed by atoms with Crippen LogP contribution in [-0.4, -0.2) is 36.5 Å². The van der Waals surface area contributed by atoms with E-state index in [-0.39, 0.29) is 6.04 Å². The van der Waals surface area contributed by atoms with Gasteiger partial charge in [0.05, 0.1) is 7.11 Å². The summed E-state index contributed by atoms with van der Waals surface area (Å²) in [5, 5.41) is 9.40. The predicted molar refractivity (Wildman–Crippen MR) is 80.5 cm³/mol. The maximum absolute atomic E-state index is 8.67. The Morgan fingerprint density at radius 2 is 2.21 bits per heavy atom. The molecule has 0 aromatic heterocycles. The summed E-state index contributed by atoms with van der Waals surface area (Å²) < 4.78 is 5.35. The lowest BCUT2D eigenvalue weighted by Crippen LogP contribution is -2.34. The van der Waals surface area contributed by atoms with Crippen molar-refractivity contribution in [2.45, 2.75) is 19.4 Å². The van der Waals surface area contributed by atoms with E-state index in [9.17, 15) is 0 Å². The minimum absolute atomic E-state index is 0.232. The second-order valence-corrected chi connectivity index (χ2v) is 4.95. The van der Waals surface area contributed by atoms with Gasteiger partial charge in [0.2, 0.25) is 6.19 Å². The Morgan fingerprint density at radius 1 is 1.53 bits per heavy atom. The summed E-state index contributed by atoms with van der Waals surface area (Å²) >= 11 is 1.47. The topological polar surface area (TPSA) is 48.6 Å². The molecule has 0 bridgehead atoms. The average Bonchev–Trinajstić information content (AvgIpc) is 2.44. The highest BCUT2D eigenvalue weighted by molar-refractivity contribution is 8.13. The lowest BCUT2D eigenvalue weighted by atomic mass is 10.1. The Kier molecular flexibility index (Phi) is 6.23. The van der Waals surface area contributed by atoms with E-state index in [1.54, 1.807) is 7.11 Å². The van der Waals surface area contributed by atoms with Gasteiger partial charge in [0.25, 0.3) is 0 Å². The molecule has 4 nitrogen and oxygen atoms in total. The molecular formula is C14H19N3OS. The summed E-state index contributed by atoms with van der Waals surface area (Å²) in [4.78, 5) is 5.84. The van der Waals surface area contributed by atoms with Crippen LogP contribution in [-0.2, 0) is 6.42 Å². The second-order valence-electron chi connectivity index (χ2n) is 4.17. The third kappa shape index (κ3) is 4.18. The van der Waals surface area contributed by atoms with E-state index in [1.165, 1.54) is 11.8 Å². The molecule has 102 valence electrons. The van der Waals surface area contributed by atoms with Gasteiger partial charge in [-0.05, 0) is 31.2 Å². The van der Waals surface area contributed by atoms with Crippen molar-refractivity contribution in [3.63, 3.8) is 0 Å². The van der Waals surface area contributed by atoms with Crippen LogP contribution in [0.2, 0.25) is 0 Å². The van der Waals surface area contributed by atoms with E-state index in [4.69, 9.17) is 10.00 Å². The van der Waals surface area contributed by atoms with Crippen LogP contribution in [0.5, 0.6) is 5.75 Å². The molecule has 0 amide bonds. The van der Waals surface area contributed by atoms with E-state index in [2.05, 4.69) is 18.0 Å². The van der Waals surface area contributed by atoms with Crippen LogP contribution in [0.15, 0.2) is 29.3 Å². The molecule has 0 saturated heterocycles. The Bertz CT molecular complexity index is 482. The van der Waals surface area contributed by atoms with Crippen molar-refractivity contribution in [3.8, 4) is 11.9 Å². The fourth-order valence-corrected chi connectivity index (χ4v) is 2.43. The minimum atomic E-state index is 0.232. The van der Waals surface area contributed by atoms with Gasteiger partial charge in [0, 0.05) is 13.1 Å². The molecule has 19 heavy (non-hydrogen) atoms. The van der Waals surface area contributed by atoms with Gasteiger partial charge in [0.15, 0.2) is 5.17 Å². The van der Waals surface area contributed by atoms with E-state index in [1.807, 2.05) is 42.6 Å². The van der Waals surface area contributed by atoms with E-state index in [0.29, 0.717) is 0 Å². The Hall–Kier alpha value is -1.67. The highest BCUT2D eigenvalue weighted by Gasteiger charge is 2.15. The smallest absolute Gasteiger partial charge is 0.208 e. The quantitative estimate of drug-likeness (QED) is 0.482. The van der Waals surface area contributed by atoms with Crippen LogP contribution in [0, 0.1) is 11.5 Å². The van der Waals surface area contributed by atoms with Gasteiger partial charge < -0.3 is 9.64 Å². The van der Waals surface area contributed by atoms with Gasteiger partial charge in [0.1, 0.15) is 5.75 Å². The highest BCUT2D eigenvalue weighted by atomic mass is 32.2. The van der Waals surface area contributed by atoms with Gasteiger partial charge in [-0.25, -0.2) is 0 Å². The normalized spacial score (nSPS) is 12.7. The summed E-state index contributed by atoms with van der Waals surface area (Å²) in [6.07, 6.45) is 4.60. The van der Waals surface area contributed by atoms with Crippen molar-refractivity contribution in [1.29, 1.82) is 5.26 Å². The highest BCUT2D eigenvalue weighted by Crippen LogP contribution is 2.21. The van der Waals surface area contributed by atoms with Gasteiger partial charge in [-0.15, -0.1) is 4.99 Å². The van der Waals surface area contributed by atoms with Crippen LogP contribution < -0.4 is 4.74 Å². The van der Waals surface area contributed by atoms with Gasteiger partial charge >= 0.3 is 0 Å². The SMILES string of the molecule is COc1ccccc1CC(C)N(C)C(=NC#N)SC. The Balaban J connectivity index is 2.82. The largest absolute Gasteiger partial charge is 0.496 e. The number of hydrogen-bond donors (Lipinski definition) is 0. The molecule has 1 aromatic carbocycles. The molecule has 0 N–H and O–H groups in total. The first kappa shape index (κ1) is 15.4. The zero-order chi connectivity index (χ0) is 14.3. The molecule has 0 saturated carbocycles. The first-order chi connectivity index (χ1) is 9.13. The summed E-state index contributed by atoms with van der Waals surface area (Å²) in [7, 11) is 3.63. The fourth-order valence-electron chi connectivity index (χ4n) is 1.83. The molecule has 0 fully saturated rings. The predicted octanol–water partition coefficient (Wildman–Crippen LogP) is 2.76. The summed E-state index contributed by atoms with van der Waals surface area (Å²) in [6.45, 7) is 2.11. The number of aliphatic imine (C=N–C) groups is 1. The number of thioether (sulfide) groups is 1. The van der Waals surface area contributed by atoms with E-state index < -0.39 is 0 Å². The van der Waals surface area contributed by atoms with Crippen molar-refractivity contribution < 1.29 is 4.74 Å². The Labute approximate surface area is 119 Å². The van der Waals surface area contributed by atoms with E-state index >= 15 is 0 Å². The molecule has 0 aliphatic heterocycles. The third-order valence-corrected chi connectivity index (χ3v) is 3.74. The van der Waals surface area contributed by atoms with Crippen LogP contribution in [0.4, 0.5) is 0 Å². The third-order valence-electron chi connectivity index (χ3n) is 3.00. The number of hydrogen-bond acceptors (Lipinski definition) is 4. The van der Waals surface area contributed by atoms with Crippen molar-refractivity contribution in [2.75, 3.05) is 20.4 Å². The van der Waals surface area contributed by atoms with Crippen molar-refractivity contribution in [2.24, 2.45) is 4.99 Å². The number of ether oxygens (including phenoxy) is 1. The number of nitrogens with zero attached hydrogens (tertiary/aromatic N) is 3. The van der Waals surface area contributed by atoms with Gasteiger partial charge in [-0.2, -0.15) is 5.26 Å². The Morgan fingerprint density at radius 3 is 2.79 bits per heavy atom. The molecule has 0 spiro atoms. The molecule has 1 rings (SSSR count). The lowest BCUT2D eigenvalue weighted by Gasteiger charge is -2.27.